The number of benzene rings is 1. The van der Waals surface area contributed by atoms with Crippen LogP contribution < -0.4 is 15.4 Å². The third-order valence-corrected chi connectivity index (χ3v) is 3.04. The van der Waals surface area contributed by atoms with Crippen LogP contribution in [0.4, 0.5) is 10.6 Å². The van der Waals surface area contributed by atoms with E-state index in [2.05, 4.69) is 15.7 Å². The maximum absolute atomic E-state index is 11.9. The van der Waals surface area contributed by atoms with Gasteiger partial charge in [-0.05, 0) is 6.07 Å². The summed E-state index contributed by atoms with van der Waals surface area (Å²) in [5.41, 5.74) is 0.908. The second-order valence-electron chi connectivity index (χ2n) is 4.58. The molecule has 2 aromatic rings. The van der Waals surface area contributed by atoms with Crippen LogP contribution in [0.5, 0.6) is 5.75 Å². The Morgan fingerprint density at radius 1 is 1.27 bits per heavy atom. The fourth-order valence-electron chi connectivity index (χ4n) is 1.92. The number of para-hydroxylation sites is 1. The lowest BCUT2D eigenvalue weighted by atomic mass is 10.2. The molecule has 0 saturated carbocycles. The Morgan fingerprint density at radius 2 is 2.09 bits per heavy atom. The Labute approximate surface area is 129 Å². The SMILES string of the molecule is COCCn1ccc(NC(=O)NCc2ccccc2OC)n1. The monoisotopic (exact) mass is 304 g/mol. The number of rotatable bonds is 7. The number of nitrogens with zero attached hydrogens (tertiary/aromatic N) is 2. The normalized spacial score (nSPS) is 10.3. The van der Waals surface area contributed by atoms with Gasteiger partial charge in [-0.3, -0.25) is 10.00 Å². The predicted molar refractivity (Wildman–Crippen MR) is 83.0 cm³/mol. The molecule has 0 fully saturated rings. The molecule has 0 aliphatic rings. The highest BCUT2D eigenvalue weighted by molar-refractivity contribution is 5.88. The largest absolute Gasteiger partial charge is 0.496 e. The number of ether oxygens (including phenoxy) is 2. The third kappa shape index (κ3) is 4.49. The number of hydrogen-bond acceptors (Lipinski definition) is 4. The van der Waals surface area contributed by atoms with Crippen molar-refractivity contribution in [2.75, 3.05) is 26.1 Å². The fraction of sp³-hybridized carbons (Fsp3) is 0.333. The van der Waals surface area contributed by atoms with Crippen molar-refractivity contribution in [2.24, 2.45) is 0 Å². The van der Waals surface area contributed by atoms with Crippen LogP contribution in [0, 0.1) is 0 Å². The molecule has 1 heterocycles. The van der Waals surface area contributed by atoms with Gasteiger partial charge in [0, 0.05) is 31.5 Å². The first kappa shape index (κ1) is 15.8. The van der Waals surface area contributed by atoms with Gasteiger partial charge in [-0.1, -0.05) is 18.2 Å². The summed E-state index contributed by atoms with van der Waals surface area (Å²) >= 11 is 0. The van der Waals surface area contributed by atoms with Crippen molar-refractivity contribution >= 4 is 11.8 Å². The molecule has 2 amide bonds. The van der Waals surface area contributed by atoms with Gasteiger partial charge in [-0.25, -0.2) is 4.79 Å². The number of nitrogens with one attached hydrogen (secondary N) is 2. The lowest BCUT2D eigenvalue weighted by Crippen LogP contribution is -2.28. The molecule has 0 saturated heterocycles. The number of aromatic nitrogens is 2. The molecule has 0 radical (unpaired) electrons. The van der Waals surface area contributed by atoms with Crippen LogP contribution >= 0.6 is 0 Å². The molecule has 2 N–H and O–H groups in total. The van der Waals surface area contributed by atoms with Crippen molar-refractivity contribution in [2.45, 2.75) is 13.1 Å². The topological polar surface area (TPSA) is 77.4 Å². The zero-order chi connectivity index (χ0) is 15.8. The van der Waals surface area contributed by atoms with Gasteiger partial charge in [-0.15, -0.1) is 0 Å². The molecule has 0 aliphatic heterocycles. The van der Waals surface area contributed by atoms with Crippen molar-refractivity contribution < 1.29 is 14.3 Å². The number of carbonyl (C=O) groups is 1. The lowest BCUT2D eigenvalue weighted by Gasteiger charge is -2.09. The van der Waals surface area contributed by atoms with Crippen molar-refractivity contribution in [3.05, 3.63) is 42.1 Å². The minimum Gasteiger partial charge on any atom is -0.496 e. The molecule has 0 atom stereocenters. The van der Waals surface area contributed by atoms with Gasteiger partial charge in [-0.2, -0.15) is 5.10 Å². The van der Waals surface area contributed by atoms with E-state index in [0.29, 0.717) is 25.5 Å². The van der Waals surface area contributed by atoms with Crippen LogP contribution in [0.3, 0.4) is 0 Å². The highest BCUT2D eigenvalue weighted by Gasteiger charge is 2.06. The van der Waals surface area contributed by atoms with Crippen LogP contribution in [0.15, 0.2) is 36.5 Å². The molecule has 0 aliphatic carbocycles. The Balaban J connectivity index is 1.84. The lowest BCUT2D eigenvalue weighted by molar-refractivity contribution is 0.183. The molecule has 0 bridgehead atoms. The van der Waals surface area contributed by atoms with E-state index in [1.165, 1.54) is 0 Å². The van der Waals surface area contributed by atoms with E-state index in [-0.39, 0.29) is 6.03 Å². The molecule has 2 rings (SSSR count). The molecule has 1 aromatic heterocycles. The van der Waals surface area contributed by atoms with Crippen molar-refractivity contribution in [3.63, 3.8) is 0 Å². The molecular formula is C15H20N4O3. The average Bonchev–Trinajstić information content (AvgIpc) is 2.98. The van der Waals surface area contributed by atoms with E-state index in [1.54, 1.807) is 31.2 Å². The summed E-state index contributed by atoms with van der Waals surface area (Å²) in [6, 6.07) is 8.95. The molecule has 118 valence electrons. The first-order chi connectivity index (χ1) is 10.7. The second-order valence-corrected chi connectivity index (χ2v) is 4.58. The number of amides is 2. The van der Waals surface area contributed by atoms with E-state index in [9.17, 15) is 4.79 Å². The summed E-state index contributed by atoms with van der Waals surface area (Å²) in [5.74, 6) is 1.24. The van der Waals surface area contributed by atoms with Gasteiger partial charge < -0.3 is 14.8 Å². The van der Waals surface area contributed by atoms with Gasteiger partial charge in [0.15, 0.2) is 5.82 Å². The molecular weight excluding hydrogens is 284 g/mol. The van der Waals surface area contributed by atoms with Gasteiger partial charge in [0.25, 0.3) is 0 Å². The number of anilines is 1. The van der Waals surface area contributed by atoms with E-state index < -0.39 is 0 Å². The zero-order valence-corrected chi connectivity index (χ0v) is 12.7. The van der Waals surface area contributed by atoms with Crippen molar-refractivity contribution in [1.29, 1.82) is 0 Å². The Kier molecular flexibility index (Phi) is 5.79. The van der Waals surface area contributed by atoms with Crippen molar-refractivity contribution in [1.82, 2.24) is 15.1 Å². The Bertz CT molecular complexity index is 612. The minimum absolute atomic E-state index is 0.317. The van der Waals surface area contributed by atoms with Crippen LogP contribution in [-0.2, 0) is 17.8 Å². The standard InChI is InChI=1S/C15H20N4O3/c1-21-10-9-19-8-7-14(18-19)17-15(20)16-11-12-5-3-4-6-13(12)22-2/h3-8H,9-11H2,1-2H3,(H2,16,17,18,20). The summed E-state index contributed by atoms with van der Waals surface area (Å²) in [7, 11) is 3.24. The number of hydrogen-bond donors (Lipinski definition) is 2. The van der Waals surface area contributed by atoms with E-state index >= 15 is 0 Å². The van der Waals surface area contributed by atoms with Crippen LogP contribution in [-0.4, -0.2) is 36.6 Å². The van der Waals surface area contributed by atoms with Gasteiger partial charge in [0.1, 0.15) is 5.75 Å². The van der Waals surface area contributed by atoms with Crippen LogP contribution in [0.2, 0.25) is 0 Å². The van der Waals surface area contributed by atoms with Crippen molar-refractivity contribution in [3.8, 4) is 5.75 Å². The Hall–Kier alpha value is -2.54. The molecule has 7 nitrogen and oxygen atoms in total. The van der Waals surface area contributed by atoms with Crippen LogP contribution in [0.25, 0.3) is 0 Å². The molecule has 22 heavy (non-hydrogen) atoms. The third-order valence-electron chi connectivity index (χ3n) is 3.04. The molecule has 0 unspecified atom stereocenters. The number of methoxy groups -OCH3 is 2. The maximum atomic E-state index is 11.9. The minimum atomic E-state index is -0.317. The second kappa shape index (κ2) is 8.04. The molecule has 1 aromatic carbocycles. The van der Waals surface area contributed by atoms with Gasteiger partial charge in [0.2, 0.25) is 0 Å². The zero-order valence-electron chi connectivity index (χ0n) is 12.7. The maximum Gasteiger partial charge on any atom is 0.320 e. The quantitative estimate of drug-likeness (QED) is 0.818. The van der Waals surface area contributed by atoms with Gasteiger partial charge in [0.05, 0.1) is 20.3 Å². The summed E-state index contributed by atoms with van der Waals surface area (Å²) in [6.45, 7) is 1.59. The summed E-state index contributed by atoms with van der Waals surface area (Å²) in [4.78, 5) is 11.9. The van der Waals surface area contributed by atoms with Gasteiger partial charge >= 0.3 is 6.03 Å². The first-order valence-electron chi connectivity index (χ1n) is 6.92. The first-order valence-corrected chi connectivity index (χ1v) is 6.92. The Morgan fingerprint density at radius 3 is 2.86 bits per heavy atom. The smallest absolute Gasteiger partial charge is 0.320 e. The predicted octanol–water partition coefficient (Wildman–Crippen LogP) is 1.86. The number of urea groups is 1. The van der Waals surface area contributed by atoms with E-state index in [4.69, 9.17) is 9.47 Å². The average molecular weight is 304 g/mol. The highest BCUT2D eigenvalue weighted by atomic mass is 16.5. The highest BCUT2D eigenvalue weighted by Crippen LogP contribution is 2.16. The van der Waals surface area contributed by atoms with E-state index in [0.717, 1.165) is 11.3 Å². The van der Waals surface area contributed by atoms with E-state index in [1.807, 2.05) is 24.3 Å². The fourth-order valence-corrected chi connectivity index (χ4v) is 1.92. The van der Waals surface area contributed by atoms with Crippen LogP contribution in [0.1, 0.15) is 5.56 Å². The molecule has 0 spiro atoms. The number of carbonyl (C=O) groups excluding carboxylic acids is 1. The summed E-state index contributed by atoms with van der Waals surface area (Å²) in [6.07, 6.45) is 1.79. The molecule has 7 heteroatoms. The summed E-state index contributed by atoms with van der Waals surface area (Å²) in [5, 5.41) is 9.67. The summed E-state index contributed by atoms with van der Waals surface area (Å²) < 4.78 is 11.9.